The van der Waals surface area contributed by atoms with Crippen LogP contribution < -0.4 is 10.6 Å². The quantitative estimate of drug-likeness (QED) is 0.319. The van der Waals surface area contributed by atoms with Gasteiger partial charge >= 0.3 is 0 Å². The average molecular weight is 558 g/mol. The Hall–Kier alpha value is -1.01. The molecular weight excluding hydrogens is 525 g/mol. The van der Waals surface area contributed by atoms with Gasteiger partial charge in [-0.3, -0.25) is 9.89 Å². The van der Waals surface area contributed by atoms with Gasteiger partial charge in [-0.15, -0.1) is 24.0 Å². The molecular formula is C20H33F2IN4O2S. The maximum Gasteiger partial charge on any atom is 0.191 e. The van der Waals surface area contributed by atoms with Crippen LogP contribution in [0.4, 0.5) is 8.78 Å². The van der Waals surface area contributed by atoms with Crippen molar-refractivity contribution < 1.29 is 17.2 Å². The second kappa shape index (κ2) is 11.6. The molecule has 0 saturated carbocycles. The molecule has 6 nitrogen and oxygen atoms in total. The van der Waals surface area contributed by atoms with Gasteiger partial charge in [0.05, 0.1) is 10.5 Å². The van der Waals surface area contributed by atoms with E-state index in [4.69, 9.17) is 0 Å². The SMILES string of the molecule is CN=C(NCCS(=O)(=O)C(C)(C)C)NC1CCCN(Cc2c(F)cccc2F)C1.I. The van der Waals surface area contributed by atoms with Gasteiger partial charge in [0, 0.05) is 38.3 Å². The Kier molecular flexibility index (Phi) is 10.4. The molecule has 1 aromatic carbocycles. The van der Waals surface area contributed by atoms with Crippen LogP contribution in [0.5, 0.6) is 0 Å². The molecule has 0 amide bonds. The highest BCUT2D eigenvalue weighted by atomic mass is 127. The Bertz CT molecular complexity index is 808. The Morgan fingerprint density at radius 2 is 1.90 bits per heavy atom. The smallest absolute Gasteiger partial charge is 0.191 e. The van der Waals surface area contributed by atoms with Gasteiger partial charge < -0.3 is 10.6 Å². The molecule has 0 bridgehead atoms. The molecule has 172 valence electrons. The molecule has 1 aliphatic rings. The fourth-order valence-corrected chi connectivity index (χ4v) is 4.21. The van der Waals surface area contributed by atoms with Gasteiger partial charge in [0.1, 0.15) is 11.6 Å². The lowest BCUT2D eigenvalue weighted by atomic mass is 10.0. The van der Waals surface area contributed by atoms with Gasteiger partial charge in [0.15, 0.2) is 15.8 Å². The van der Waals surface area contributed by atoms with Crippen molar-refractivity contribution in [1.29, 1.82) is 0 Å². The monoisotopic (exact) mass is 558 g/mol. The fourth-order valence-electron chi connectivity index (χ4n) is 3.22. The number of halogens is 3. The van der Waals surface area contributed by atoms with E-state index in [0.29, 0.717) is 12.5 Å². The average Bonchev–Trinajstić information content (AvgIpc) is 2.63. The third-order valence-corrected chi connectivity index (χ3v) is 7.72. The minimum Gasteiger partial charge on any atom is -0.355 e. The van der Waals surface area contributed by atoms with Gasteiger partial charge in [-0.1, -0.05) is 6.07 Å². The van der Waals surface area contributed by atoms with E-state index >= 15 is 0 Å². The third kappa shape index (κ3) is 7.60. The minimum absolute atomic E-state index is 0. The number of likely N-dealkylation sites (tertiary alicyclic amines) is 1. The van der Waals surface area contributed by atoms with Crippen molar-refractivity contribution in [3.63, 3.8) is 0 Å². The first kappa shape index (κ1) is 27.0. The normalized spacial score (nSPS) is 18.6. The molecule has 1 aliphatic heterocycles. The maximum atomic E-state index is 13.9. The second-order valence-electron chi connectivity index (χ2n) is 8.35. The van der Waals surface area contributed by atoms with Crippen LogP contribution in [0.15, 0.2) is 23.2 Å². The highest BCUT2D eigenvalue weighted by Gasteiger charge is 2.28. The van der Waals surface area contributed by atoms with Crippen LogP contribution in [0.3, 0.4) is 0 Å². The zero-order valence-corrected chi connectivity index (χ0v) is 21.2. The number of sulfone groups is 1. The minimum atomic E-state index is -3.21. The first-order valence-electron chi connectivity index (χ1n) is 9.88. The van der Waals surface area contributed by atoms with Crippen LogP contribution in [0, 0.1) is 11.6 Å². The summed E-state index contributed by atoms with van der Waals surface area (Å²) in [6.07, 6.45) is 1.79. The Morgan fingerprint density at radius 3 is 2.47 bits per heavy atom. The van der Waals surface area contributed by atoms with E-state index in [0.717, 1.165) is 19.4 Å². The van der Waals surface area contributed by atoms with E-state index in [-0.39, 0.29) is 54.4 Å². The third-order valence-electron chi connectivity index (χ3n) is 5.11. The van der Waals surface area contributed by atoms with Crippen LogP contribution >= 0.6 is 24.0 Å². The molecule has 1 fully saturated rings. The number of nitrogens with one attached hydrogen (secondary N) is 2. The van der Waals surface area contributed by atoms with Crippen LogP contribution in [0.1, 0.15) is 39.2 Å². The second-order valence-corrected chi connectivity index (χ2v) is 11.2. The van der Waals surface area contributed by atoms with Gasteiger partial charge in [-0.2, -0.15) is 0 Å². The molecule has 0 spiro atoms. The predicted octanol–water partition coefficient (Wildman–Crippen LogP) is 2.93. The predicted molar refractivity (Wildman–Crippen MR) is 128 cm³/mol. The van der Waals surface area contributed by atoms with Gasteiger partial charge in [-0.25, -0.2) is 17.2 Å². The number of nitrogens with zero attached hydrogens (tertiary/aromatic N) is 2. The molecule has 1 unspecified atom stereocenters. The van der Waals surface area contributed by atoms with Crippen LogP contribution in [-0.2, 0) is 16.4 Å². The molecule has 30 heavy (non-hydrogen) atoms. The summed E-state index contributed by atoms with van der Waals surface area (Å²) >= 11 is 0. The highest BCUT2D eigenvalue weighted by molar-refractivity contribution is 14.0. The van der Waals surface area contributed by atoms with Crippen molar-refractivity contribution in [2.45, 2.75) is 50.9 Å². The van der Waals surface area contributed by atoms with Gasteiger partial charge in [0.2, 0.25) is 0 Å². The Morgan fingerprint density at radius 1 is 1.27 bits per heavy atom. The van der Waals surface area contributed by atoms with Crippen molar-refractivity contribution in [3.8, 4) is 0 Å². The maximum absolute atomic E-state index is 13.9. The number of aliphatic imine (C=N–C) groups is 1. The summed E-state index contributed by atoms with van der Waals surface area (Å²) in [6.45, 7) is 6.92. The summed E-state index contributed by atoms with van der Waals surface area (Å²) < 4.78 is 51.5. The standard InChI is InChI=1S/C20H32F2N4O2S.HI/c1-20(2,3)29(27,28)12-10-24-19(23-4)25-15-7-6-11-26(13-15)14-16-17(21)8-5-9-18(16)22;/h5,8-9,15H,6-7,10-14H2,1-4H3,(H2,23,24,25);1H. The van der Waals surface area contributed by atoms with Crippen molar-refractivity contribution in [2.75, 3.05) is 32.4 Å². The number of piperidine rings is 1. The molecule has 2 N–H and O–H groups in total. The molecule has 0 aliphatic carbocycles. The number of hydrogen-bond donors (Lipinski definition) is 2. The number of benzene rings is 1. The van der Waals surface area contributed by atoms with Crippen LogP contribution in [-0.4, -0.2) is 62.5 Å². The molecule has 1 heterocycles. The van der Waals surface area contributed by atoms with E-state index in [1.54, 1.807) is 27.8 Å². The molecule has 10 heteroatoms. The van der Waals surface area contributed by atoms with E-state index in [1.165, 1.54) is 18.2 Å². The fraction of sp³-hybridized carbons (Fsp3) is 0.650. The summed E-state index contributed by atoms with van der Waals surface area (Å²) in [4.78, 5) is 6.18. The van der Waals surface area contributed by atoms with Crippen LogP contribution in [0.25, 0.3) is 0 Å². The molecule has 1 atom stereocenters. The summed E-state index contributed by atoms with van der Waals surface area (Å²) in [6, 6.07) is 3.97. The lowest BCUT2D eigenvalue weighted by Crippen LogP contribution is -2.51. The van der Waals surface area contributed by atoms with Crippen molar-refractivity contribution in [3.05, 3.63) is 35.4 Å². The van der Waals surface area contributed by atoms with Crippen molar-refractivity contribution >= 4 is 39.8 Å². The summed E-state index contributed by atoms with van der Waals surface area (Å²) in [5, 5.41) is 6.34. The number of rotatable bonds is 6. The van der Waals surface area contributed by atoms with Crippen LogP contribution in [0.2, 0.25) is 0 Å². The summed E-state index contributed by atoms with van der Waals surface area (Å²) in [7, 11) is -1.58. The Balaban J connectivity index is 0.00000450. The van der Waals surface area contributed by atoms with E-state index in [2.05, 4.69) is 15.6 Å². The summed E-state index contributed by atoms with van der Waals surface area (Å²) in [5.74, 6) is -0.520. The highest BCUT2D eigenvalue weighted by Crippen LogP contribution is 2.18. The zero-order chi connectivity index (χ0) is 21.7. The first-order chi connectivity index (χ1) is 13.5. The lowest BCUT2D eigenvalue weighted by Gasteiger charge is -2.34. The number of hydrogen-bond acceptors (Lipinski definition) is 4. The summed E-state index contributed by atoms with van der Waals surface area (Å²) in [5.41, 5.74) is 0.0862. The van der Waals surface area contributed by atoms with Crippen molar-refractivity contribution in [1.82, 2.24) is 15.5 Å². The Labute approximate surface area is 195 Å². The molecule has 2 rings (SSSR count). The molecule has 1 saturated heterocycles. The molecule has 0 radical (unpaired) electrons. The lowest BCUT2D eigenvalue weighted by molar-refractivity contribution is 0.188. The zero-order valence-electron chi connectivity index (χ0n) is 18.0. The molecule has 0 aromatic heterocycles. The van der Waals surface area contributed by atoms with E-state index < -0.39 is 26.2 Å². The van der Waals surface area contributed by atoms with Gasteiger partial charge in [0.25, 0.3) is 0 Å². The topological polar surface area (TPSA) is 73.8 Å². The first-order valence-corrected chi connectivity index (χ1v) is 11.5. The largest absolute Gasteiger partial charge is 0.355 e. The van der Waals surface area contributed by atoms with E-state index in [1.807, 2.05) is 4.90 Å². The molecule has 1 aromatic rings. The van der Waals surface area contributed by atoms with E-state index in [9.17, 15) is 17.2 Å². The van der Waals surface area contributed by atoms with Gasteiger partial charge in [-0.05, 0) is 52.3 Å². The van der Waals surface area contributed by atoms with Crippen molar-refractivity contribution in [2.24, 2.45) is 4.99 Å². The number of guanidine groups is 1.